The van der Waals surface area contributed by atoms with Crippen molar-refractivity contribution in [2.45, 2.75) is 39.9 Å². The maximum absolute atomic E-state index is 6.02. The van der Waals surface area contributed by atoms with E-state index in [9.17, 15) is 0 Å². The molecule has 110 valence electrons. The molecule has 0 aliphatic carbocycles. The summed E-state index contributed by atoms with van der Waals surface area (Å²) in [5, 5.41) is 8.99. The Morgan fingerprint density at radius 2 is 2.10 bits per heavy atom. The average Bonchev–Trinajstić information content (AvgIpc) is 3.01. The van der Waals surface area contributed by atoms with Gasteiger partial charge < -0.3 is 9.73 Å². The molecule has 0 amide bonds. The molecule has 0 radical (unpaired) electrons. The fourth-order valence-electron chi connectivity index (χ4n) is 2.48. The smallest absolute Gasteiger partial charge is 0.134 e. The second kappa shape index (κ2) is 5.74. The number of para-hydroxylation sites is 1. The van der Waals surface area contributed by atoms with Crippen LogP contribution in [0.15, 0.2) is 41.1 Å². The number of hydrogen-bond donors (Lipinski definition) is 1. The van der Waals surface area contributed by atoms with Gasteiger partial charge in [-0.3, -0.25) is 4.68 Å². The van der Waals surface area contributed by atoms with Gasteiger partial charge in [-0.1, -0.05) is 32.0 Å². The molecule has 0 atom stereocenters. The van der Waals surface area contributed by atoms with Crippen LogP contribution in [0.4, 0.5) is 0 Å². The van der Waals surface area contributed by atoms with E-state index >= 15 is 0 Å². The molecule has 3 rings (SSSR count). The molecule has 1 aromatic carbocycles. The maximum atomic E-state index is 6.02. The van der Waals surface area contributed by atoms with Gasteiger partial charge in [-0.15, -0.1) is 0 Å². The van der Waals surface area contributed by atoms with E-state index in [-0.39, 0.29) is 0 Å². The van der Waals surface area contributed by atoms with Crippen LogP contribution < -0.4 is 5.32 Å². The lowest BCUT2D eigenvalue weighted by Crippen LogP contribution is -2.22. The van der Waals surface area contributed by atoms with Gasteiger partial charge in [0.2, 0.25) is 0 Å². The topological polar surface area (TPSA) is 43.0 Å². The van der Waals surface area contributed by atoms with E-state index in [2.05, 4.69) is 49.5 Å². The summed E-state index contributed by atoms with van der Waals surface area (Å²) < 4.78 is 7.99. The van der Waals surface area contributed by atoms with Crippen LogP contribution in [0.5, 0.6) is 0 Å². The summed E-state index contributed by atoms with van der Waals surface area (Å²) in [4.78, 5) is 0. The molecule has 0 bridgehead atoms. The Labute approximate surface area is 124 Å². The second-order valence-corrected chi connectivity index (χ2v) is 5.75. The zero-order valence-corrected chi connectivity index (χ0v) is 12.8. The first kappa shape index (κ1) is 13.9. The summed E-state index contributed by atoms with van der Waals surface area (Å²) in [6.07, 6.45) is 3.94. The number of furan rings is 1. The van der Waals surface area contributed by atoms with Crippen molar-refractivity contribution < 1.29 is 4.42 Å². The Bertz CT molecular complexity index is 739. The van der Waals surface area contributed by atoms with Gasteiger partial charge in [0.1, 0.15) is 11.3 Å². The molecular formula is C17H21N3O. The molecule has 0 aliphatic heterocycles. The van der Waals surface area contributed by atoms with Crippen LogP contribution in [-0.2, 0) is 13.1 Å². The van der Waals surface area contributed by atoms with Crippen LogP contribution in [0, 0.1) is 6.92 Å². The van der Waals surface area contributed by atoms with E-state index in [1.54, 1.807) is 0 Å². The van der Waals surface area contributed by atoms with Gasteiger partial charge in [-0.05, 0) is 18.6 Å². The molecule has 2 aromatic heterocycles. The van der Waals surface area contributed by atoms with Gasteiger partial charge in [-0.25, -0.2) is 0 Å². The number of fused-ring (bicyclic) bond motifs is 1. The van der Waals surface area contributed by atoms with Crippen LogP contribution in [0.1, 0.15) is 30.7 Å². The first-order valence-electron chi connectivity index (χ1n) is 7.35. The number of aryl methyl sites for hydroxylation is 1. The van der Waals surface area contributed by atoms with Crippen molar-refractivity contribution in [3.8, 4) is 0 Å². The van der Waals surface area contributed by atoms with Crippen LogP contribution >= 0.6 is 0 Å². The zero-order chi connectivity index (χ0) is 14.8. The van der Waals surface area contributed by atoms with Gasteiger partial charge in [0.05, 0.1) is 19.3 Å². The summed E-state index contributed by atoms with van der Waals surface area (Å²) in [6, 6.07) is 8.62. The highest BCUT2D eigenvalue weighted by molar-refractivity contribution is 5.82. The van der Waals surface area contributed by atoms with E-state index in [0.29, 0.717) is 6.04 Å². The quantitative estimate of drug-likeness (QED) is 0.779. The number of nitrogens with one attached hydrogen (secondary N) is 1. The minimum absolute atomic E-state index is 0.429. The molecule has 3 aromatic rings. The van der Waals surface area contributed by atoms with Gasteiger partial charge in [-0.2, -0.15) is 5.10 Å². The van der Waals surface area contributed by atoms with Crippen molar-refractivity contribution in [2.75, 3.05) is 0 Å². The normalized spacial score (nSPS) is 11.6. The molecule has 21 heavy (non-hydrogen) atoms. The molecule has 0 saturated carbocycles. The largest absolute Gasteiger partial charge is 0.459 e. The molecule has 4 heteroatoms. The average molecular weight is 283 g/mol. The van der Waals surface area contributed by atoms with Crippen LogP contribution in [0.25, 0.3) is 11.0 Å². The SMILES string of the molecule is Cc1cnn(Cc2c(CNC(C)C)oc3ccccc23)c1. The summed E-state index contributed by atoms with van der Waals surface area (Å²) >= 11 is 0. The number of benzene rings is 1. The minimum atomic E-state index is 0.429. The lowest BCUT2D eigenvalue weighted by molar-refractivity contribution is 0.479. The third-order valence-electron chi connectivity index (χ3n) is 3.54. The van der Waals surface area contributed by atoms with Crippen molar-refractivity contribution in [2.24, 2.45) is 0 Å². The first-order valence-corrected chi connectivity index (χ1v) is 7.35. The molecule has 1 N–H and O–H groups in total. The third-order valence-corrected chi connectivity index (χ3v) is 3.54. The van der Waals surface area contributed by atoms with Gasteiger partial charge >= 0.3 is 0 Å². The molecule has 0 saturated heterocycles. The molecule has 0 unspecified atom stereocenters. The monoisotopic (exact) mass is 283 g/mol. The summed E-state index contributed by atoms with van der Waals surface area (Å²) in [6.45, 7) is 7.80. The lowest BCUT2D eigenvalue weighted by atomic mass is 10.1. The Hall–Kier alpha value is -2.07. The number of nitrogens with zero attached hydrogens (tertiary/aromatic N) is 2. The van der Waals surface area contributed by atoms with Crippen molar-refractivity contribution in [3.05, 3.63) is 53.5 Å². The van der Waals surface area contributed by atoms with Crippen molar-refractivity contribution in [1.29, 1.82) is 0 Å². The van der Waals surface area contributed by atoms with Crippen LogP contribution in [0.2, 0.25) is 0 Å². The third kappa shape index (κ3) is 3.00. The van der Waals surface area contributed by atoms with E-state index in [1.165, 1.54) is 16.5 Å². The fraction of sp³-hybridized carbons (Fsp3) is 0.353. The first-order chi connectivity index (χ1) is 10.1. The molecule has 0 spiro atoms. The van der Waals surface area contributed by atoms with Crippen molar-refractivity contribution in [1.82, 2.24) is 15.1 Å². The fourth-order valence-corrected chi connectivity index (χ4v) is 2.48. The van der Waals surface area contributed by atoms with E-state index < -0.39 is 0 Å². The van der Waals surface area contributed by atoms with Crippen molar-refractivity contribution >= 4 is 11.0 Å². The standard InChI is InChI=1S/C17H21N3O/c1-12(2)18-9-17-15(11-20-10-13(3)8-19-20)14-6-4-5-7-16(14)21-17/h4-8,10,12,18H,9,11H2,1-3H3. The van der Waals surface area contributed by atoms with Crippen molar-refractivity contribution in [3.63, 3.8) is 0 Å². The van der Waals surface area contributed by atoms with Gasteiger partial charge in [0, 0.05) is 23.2 Å². The number of rotatable bonds is 5. The number of aromatic nitrogens is 2. The second-order valence-electron chi connectivity index (χ2n) is 5.75. The van der Waals surface area contributed by atoms with E-state index in [4.69, 9.17) is 4.42 Å². The van der Waals surface area contributed by atoms with Gasteiger partial charge in [0.15, 0.2) is 0 Å². The highest BCUT2D eigenvalue weighted by Gasteiger charge is 2.14. The number of hydrogen-bond acceptors (Lipinski definition) is 3. The Morgan fingerprint density at radius 3 is 2.81 bits per heavy atom. The molecule has 0 aliphatic rings. The van der Waals surface area contributed by atoms with Crippen LogP contribution in [-0.4, -0.2) is 15.8 Å². The molecule has 2 heterocycles. The van der Waals surface area contributed by atoms with E-state index in [1.807, 2.05) is 23.0 Å². The maximum Gasteiger partial charge on any atom is 0.134 e. The Morgan fingerprint density at radius 1 is 1.29 bits per heavy atom. The zero-order valence-electron chi connectivity index (χ0n) is 12.8. The summed E-state index contributed by atoms with van der Waals surface area (Å²) in [5.41, 5.74) is 3.32. The summed E-state index contributed by atoms with van der Waals surface area (Å²) in [5.74, 6) is 0.998. The lowest BCUT2D eigenvalue weighted by Gasteiger charge is -2.08. The molecule has 0 fully saturated rings. The highest BCUT2D eigenvalue weighted by atomic mass is 16.3. The van der Waals surface area contributed by atoms with Gasteiger partial charge in [0.25, 0.3) is 0 Å². The Kier molecular flexibility index (Phi) is 3.80. The minimum Gasteiger partial charge on any atom is -0.459 e. The molecule has 4 nitrogen and oxygen atoms in total. The Balaban J connectivity index is 1.98. The predicted molar refractivity (Wildman–Crippen MR) is 84.3 cm³/mol. The molecular weight excluding hydrogens is 262 g/mol. The predicted octanol–water partition coefficient (Wildman–Crippen LogP) is 3.48. The van der Waals surface area contributed by atoms with E-state index in [0.717, 1.165) is 24.4 Å². The highest BCUT2D eigenvalue weighted by Crippen LogP contribution is 2.26. The summed E-state index contributed by atoms with van der Waals surface area (Å²) in [7, 11) is 0. The van der Waals surface area contributed by atoms with Crippen LogP contribution in [0.3, 0.4) is 0 Å².